The van der Waals surface area contributed by atoms with E-state index in [1.165, 1.54) is 23.9 Å². The molecule has 0 spiro atoms. The zero-order valence-electron chi connectivity index (χ0n) is 15.4. The Morgan fingerprint density at radius 1 is 1.18 bits per heavy atom. The van der Waals surface area contributed by atoms with E-state index < -0.39 is 28.7 Å². The molecule has 0 aliphatic carbocycles. The summed E-state index contributed by atoms with van der Waals surface area (Å²) < 4.78 is 10.5. The minimum Gasteiger partial charge on any atom is -0.492 e. The van der Waals surface area contributed by atoms with E-state index in [1.807, 2.05) is 6.92 Å². The molecule has 0 radical (unpaired) electrons. The highest BCUT2D eigenvalue weighted by atomic mass is 32.2. The van der Waals surface area contributed by atoms with Crippen molar-refractivity contribution in [2.24, 2.45) is 0 Å². The molecule has 0 bridgehead atoms. The number of nitrogens with one attached hydrogen (secondary N) is 1. The fourth-order valence-corrected chi connectivity index (χ4v) is 3.06. The van der Waals surface area contributed by atoms with Gasteiger partial charge < -0.3 is 14.8 Å². The van der Waals surface area contributed by atoms with Crippen molar-refractivity contribution in [2.75, 3.05) is 18.5 Å². The summed E-state index contributed by atoms with van der Waals surface area (Å²) in [4.78, 5) is 35.0. The quantitative estimate of drug-likeness (QED) is 0.294. The number of carbonyl (C=O) groups excluding carboxylic acids is 2. The lowest BCUT2D eigenvalue weighted by Crippen LogP contribution is -2.25. The van der Waals surface area contributed by atoms with Crippen molar-refractivity contribution in [3.05, 3.63) is 58.6 Å². The van der Waals surface area contributed by atoms with Gasteiger partial charge in [0, 0.05) is 17.0 Å². The van der Waals surface area contributed by atoms with Crippen molar-refractivity contribution in [1.29, 1.82) is 0 Å². The normalized spacial score (nSPS) is 11.4. The Bertz CT molecular complexity index is 841. The molecular formula is C19H20N2O6S. The van der Waals surface area contributed by atoms with E-state index in [0.29, 0.717) is 22.9 Å². The molecule has 1 amide bonds. The predicted octanol–water partition coefficient (Wildman–Crippen LogP) is 3.66. The Balaban J connectivity index is 1.84. The number of non-ortho nitro benzene ring substituents is 1. The lowest BCUT2D eigenvalue weighted by Gasteiger charge is -2.13. The zero-order valence-corrected chi connectivity index (χ0v) is 16.2. The average Bonchev–Trinajstić information content (AvgIpc) is 2.68. The molecule has 1 atom stereocenters. The molecule has 0 fully saturated rings. The van der Waals surface area contributed by atoms with Crippen LogP contribution in [0.5, 0.6) is 5.75 Å². The van der Waals surface area contributed by atoms with Gasteiger partial charge in [0.15, 0.2) is 6.61 Å². The van der Waals surface area contributed by atoms with E-state index in [4.69, 9.17) is 9.47 Å². The third-order valence-corrected chi connectivity index (χ3v) is 4.59. The summed E-state index contributed by atoms with van der Waals surface area (Å²) in [5, 5.41) is 12.7. The van der Waals surface area contributed by atoms with E-state index in [2.05, 4.69) is 5.32 Å². The fourth-order valence-electron chi connectivity index (χ4n) is 2.19. The lowest BCUT2D eigenvalue weighted by molar-refractivity contribution is -0.384. The molecule has 2 rings (SSSR count). The molecule has 0 aliphatic heterocycles. The number of nitrogens with zero attached hydrogens (tertiary/aromatic N) is 1. The molecule has 9 heteroatoms. The number of hydrogen-bond donors (Lipinski definition) is 1. The van der Waals surface area contributed by atoms with Gasteiger partial charge >= 0.3 is 5.97 Å². The van der Waals surface area contributed by atoms with Gasteiger partial charge in [-0.1, -0.05) is 12.1 Å². The van der Waals surface area contributed by atoms with E-state index in [0.717, 1.165) is 0 Å². The predicted molar refractivity (Wildman–Crippen MR) is 106 cm³/mol. The van der Waals surface area contributed by atoms with Crippen LogP contribution in [0.2, 0.25) is 0 Å². The summed E-state index contributed by atoms with van der Waals surface area (Å²) in [7, 11) is 0. The second-order valence-electron chi connectivity index (χ2n) is 5.60. The number of benzene rings is 2. The molecule has 148 valence electrons. The highest BCUT2D eigenvalue weighted by Crippen LogP contribution is 2.26. The largest absolute Gasteiger partial charge is 0.492 e. The number of hydrogen-bond acceptors (Lipinski definition) is 7. The number of rotatable bonds is 9. The molecule has 0 aliphatic rings. The first-order chi connectivity index (χ1) is 13.4. The maximum absolute atomic E-state index is 12.1. The van der Waals surface area contributed by atoms with Crippen molar-refractivity contribution in [3.8, 4) is 5.75 Å². The second-order valence-corrected chi connectivity index (χ2v) is 7.01. The molecule has 0 heterocycles. The number of nitro benzene ring substituents is 1. The van der Waals surface area contributed by atoms with Crippen molar-refractivity contribution in [2.45, 2.75) is 24.0 Å². The van der Waals surface area contributed by atoms with Crippen LogP contribution < -0.4 is 10.1 Å². The first-order valence-electron chi connectivity index (χ1n) is 8.50. The Labute approximate surface area is 166 Å². The molecule has 2 aromatic carbocycles. The van der Waals surface area contributed by atoms with Crippen LogP contribution in [0.3, 0.4) is 0 Å². The van der Waals surface area contributed by atoms with Crippen LogP contribution in [0.15, 0.2) is 53.4 Å². The highest BCUT2D eigenvalue weighted by Gasteiger charge is 2.18. The molecular weight excluding hydrogens is 384 g/mol. The van der Waals surface area contributed by atoms with Crippen LogP contribution in [-0.2, 0) is 14.3 Å². The third-order valence-electron chi connectivity index (χ3n) is 3.50. The van der Waals surface area contributed by atoms with E-state index in [1.54, 1.807) is 43.3 Å². The summed E-state index contributed by atoms with van der Waals surface area (Å²) in [6.45, 7) is 3.50. The standard InChI is InChI=1S/C19H20N2O6S/c1-3-26-17-7-5-4-6-16(17)20-18(22)12-27-19(23)13(2)28-15-10-8-14(9-11-15)21(24)25/h4-11,13H,3,12H2,1-2H3,(H,20,22)/t13-/m1/s1. The molecule has 0 unspecified atom stereocenters. The minimum atomic E-state index is -0.579. The van der Waals surface area contributed by atoms with Gasteiger partial charge in [-0.2, -0.15) is 0 Å². The molecule has 8 nitrogen and oxygen atoms in total. The minimum absolute atomic E-state index is 0.0245. The number of carbonyl (C=O) groups is 2. The van der Waals surface area contributed by atoms with Gasteiger partial charge in [0.25, 0.3) is 11.6 Å². The fraction of sp³-hybridized carbons (Fsp3) is 0.263. The topological polar surface area (TPSA) is 108 Å². The number of ether oxygens (including phenoxy) is 2. The maximum Gasteiger partial charge on any atom is 0.319 e. The van der Waals surface area contributed by atoms with Gasteiger partial charge in [-0.05, 0) is 38.1 Å². The van der Waals surface area contributed by atoms with Crippen molar-refractivity contribution < 1.29 is 24.0 Å². The van der Waals surface area contributed by atoms with Gasteiger partial charge in [0.05, 0.1) is 17.2 Å². The number of esters is 1. The molecule has 1 N–H and O–H groups in total. The Morgan fingerprint density at radius 3 is 2.50 bits per heavy atom. The van der Waals surface area contributed by atoms with Crippen LogP contribution in [0, 0.1) is 10.1 Å². The summed E-state index contributed by atoms with van der Waals surface area (Å²) in [6.07, 6.45) is 0. The average molecular weight is 404 g/mol. The number of amides is 1. The number of nitro groups is 1. The molecule has 0 saturated carbocycles. The second kappa shape index (κ2) is 10.3. The summed E-state index contributed by atoms with van der Waals surface area (Å²) in [6, 6.07) is 12.8. The summed E-state index contributed by atoms with van der Waals surface area (Å²) in [5.41, 5.74) is 0.474. The van der Waals surface area contributed by atoms with Gasteiger partial charge in [-0.3, -0.25) is 19.7 Å². The van der Waals surface area contributed by atoms with Crippen molar-refractivity contribution in [3.63, 3.8) is 0 Å². The van der Waals surface area contributed by atoms with Gasteiger partial charge in [-0.15, -0.1) is 11.8 Å². The van der Waals surface area contributed by atoms with E-state index >= 15 is 0 Å². The van der Waals surface area contributed by atoms with E-state index in [9.17, 15) is 19.7 Å². The van der Waals surface area contributed by atoms with Crippen LogP contribution in [-0.4, -0.2) is 35.3 Å². The first-order valence-corrected chi connectivity index (χ1v) is 9.38. The van der Waals surface area contributed by atoms with Crippen molar-refractivity contribution >= 4 is 35.0 Å². The summed E-state index contributed by atoms with van der Waals surface area (Å²) in [5.74, 6) is -0.503. The first kappa shape index (κ1) is 21.2. The Hall–Kier alpha value is -3.07. The molecule has 2 aromatic rings. The highest BCUT2D eigenvalue weighted by molar-refractivity contribution is 8.00. The van der Waals surface area contributed by atoms with Gasteiger partial charge in [0.2, 0.25) is 0 Å². The summed E-state index contributed by atoms with van der Waals surface area (Å²) >= 11 is 1.19. The Morgan fingerprint density at radius 2 is 1.86 bits per heavy atom. The van der Waals surface area contributed by atoms with Crippen LogP contribution in [0.25, 0.3) is 0 Å². The van der Waals surface area contributed by atoms with Crippen molar-refractivity contribution in [1.82, 2.24) is 0 Å². The third kappa shape index (κ3) is 6.27. The maximum atomic E-state index is 12.1. The van der Waals surface area contributed by atoms with Crippen LogP contribution in [0.1, 0.15) is 13.8 Å². The van der Waals surface area contributed by atoms with Crippen LogP contribution >= 0.6 is 11.8 Å². The number of thioether (sulfide) groups is 1. The lowest BCUT2D eigenvalue weighted by atomic mass is 10.3. The number of anilines is 1. The zero-order chi connectivity index (χ0) is 20.5. The van der Waals surface area contributed by atoms with Gasteiger partial charge in [0.1, 0.15) is 11.0 Å². The monoisotopic (exact) mass is 404 g/mol. The SMILES string of the molecule is CCOc1ccccc1NC(=O)COC(=O)[C@@H](C)Sc1ccc([N+](=O)[O-])cc1. The molecule has 28 heavy (non-hydrogen) atoms. The molecule has 0 aromatic heterocycles. The smallest absolute Gasteiger partial charge is 0.319 e. The van der Waals surface area contributed by atoms with Gasteiger partial charge in [-0.25, -0.2) is 0 Å². The number of para-hydroxylation sites is 2. The van der Waals surface area contributed by atoms with E-state index in [-0.39, 0.29) is 5.69 Å². The molecule has 0 saturated heterocycles. The Kier molecular flexibility index (Phi) is 7.82. The van der Waals surface area contributed by atoms with Crippen LogP contribution in [0.4, 0.5) is 11.4 Å².